The zero-order chi connectivity index (χ0) is 47.7. The summed E-state index contributed by atoms with van der Waals surface area (Å²) in [7, 11) is 0. The molecule has 8 nitrogen and oxygen atoms in total. The molecule has 8 heteroatoms. The maximum atomic E-state index is 10.3. The highest BCUT2D eigenvalue weighted by Gasteiger charge is 2.23. The normalized spacial score (nSPS) is 11.1. The molecule has 12 rings (SSSR count). The first-order chi connectivity index (χ1) is 35.1. The molecule has 9 aromatic carbocycles. The van der Waals surface area contributed by atoms with Gasteiger partial charge in [-0.05, 0) is 70.8 Å². The van der Waals surface area contributed by atoms with Gasteiger partial charge < -0.3 is 4.57 Å². The van der Waals surface area contributed by atoms with Crippen molar-refractivity contribution >= 4 is 21.8 Å². The van der Waals surface area contributed by atoms with E-state index in [9.17, 15) is 10.5 Å². The summed E-state index contributed by atoms with van der Waals surface area (Å²) in [6.45, 7) is 0. The Kier molecular flexibility index (Phi) is 10.8. The minimum Gasteiger partial charge on any atom is -0.308 e. The summed E-state index contributed by atoms with van der Waals surface area (Å²) in [5.41, 5.74) is 13.8. The van der Waals surface area contributed by atoms with Gasteiger partial charge in [-0.3, -0.25) is 0 Å². The zero-order valence-corrected chi connectivity index (χ0v) is 38.0. The van der Waals surface area contributed by atoms with E-state index in [-0.39, 0.29) is 0 Å². The van der Waals surface area contributed by atoms with Crippen LogP contribution in [-0.2, 0) is 0 Å². The SMILES string of the molecule is N#Cc1ccccc1-c1ccc2c3ccc(-c4ccccc4C#N)cc3n(-c3ccc(-c4nc(-c5ccccc5)nc(-c5ccccc5)n4)cc3-c3nc(-c4ccccc4)cc(-c4ccccc4)n3)c2c1. The van der Waals surface area contributed by atoms with Crippen LogP contribution < -0.4 is 0 Å². The van der Waals surface area contributed by atoms with Crippen LogP contribution in [0.2, 0.25) is 0 Å². The lowest BCUT2D eigenvalue weighted by Gasteiger charge is -2.17. The Bertz CT molecular complexity index is 3830. The molecule has 3 heterocycles. The number of rotatable bonds is 9. The van der Waals surface area contributed by atoms with Gasteiger partial charge in [0.1, 0.15) is 0 Å². The van der Waals surface area contributed by atoms with Gasteiger partial charge in [0, 0.05) is 44.2 Å². The molecule has 0 N–H and O–H groups in total. The van der Waals surface area contributed by atoms with Crippen LogP contribution in [0.25, 0.3) is 118 Å². The van der Waals surface area contributed by atoms with Crippen molar-refractivity contribution in [1.82, 2.24) is 29.5 Å². The van der Waals surface area contributed by atoms with Gasteiger partial charge in [0.05, 0.1) is 51.4 Å². The molecule has 0 radical (unpaired) electrons. The van der Waals surface area contributed by atoms with E-state index in [1.165, 1.54) is 0 Å². The molecular formula is C63H38N8. The Morgan fingerprint density at radius 3 is 1.14 bits per heavy atom. The smallest absolute Gasteiger partial charge is 0.164 e. The molecule has 0 bridgehead atoms. The lowest BCUT2D eigenvalue weighted by atomic mass is 9.98. The van der Waals surface area contributed by atoms with Gasteiger partial charge in [0.15, 0.2) is 23.3 Å². The van der Waals surface area contributed by atoms with Crippen molar-refractivity contribution in [3.05, 3.63) is 242 Å². The standard InChI is InChI=1S/C63H38N8/c64-39-48-25-13-15-27-50(48)45-29-32-52-53-33-30-46(51-28-16-14-26-49(51)40-65)37-59(53)71(58(52)36-45)57-34-31-47(62-69-60(43-21-9-3-10-22-43)68-61(70-62)44-23-11-4-12-24-44)35-54(57)63-66-55(41-17-5-1-6-18-41)38-56(67-63)42-19-7-2-8-20-42/h1-38H. The molecule has 0 fully saturated rings. The summed E-state index contributed by atoms with van der Waals surface area (Å²) in [6.07, 6.45) is 0. The zero-order valence-electron chi connectivity index (χ0n) is 38.0. The molecule has 12 aromatic rings. The van der Waals surface area contributed by atoms with E-state index in [2.05, 4.69) is 95.6 Å². The Balaban J connectivity index is 1.19. The van der Waals surface area contributed by atoms with Gasteiger partial charge >= 0.3 is 0 Å². The highest BCUT2D eigenvalue weighted by molar-refractivity contribution is 6.12. The third-order valence-electron chi connectivity index (χ3n) is 12.8. The van der Waals surface area contributed by atoms with Crippen molar-refractivity contribution in [2.75, 3.05) is 0 Å². The van der Waals surface area contributed by atoms with E-state index in [1.807, 2.05) is 152 Å². The fourth-order valence-electron chi connectivity index (χ4n) is 9.35. The number of nitriles is 2. The molecule has 0 atom stereocenters. The molecule has 71 heavy (non-hydrogen) atoms. The summed E-state index contributed by atoms with van der Waals surface area (Å²) in [6, 6.07) is 81.4. The van der Waals surface area contributed by atoms with Crippen LogP contribution in [-0.4, -0.2) is 29.5 Å². The third kappa shape index (κ3) is 7.94. The number of fused-ring (bicyclic) bond motifs is 3. The number of nitrogens with zero attached hydrogens (tertiary/aromatic N) is 8. The maximum absolute atomic E-state index is 10.3. The lowest BCUT2D eigenvalue weighted by Crippen LogP contribution is -2.04. The monoisotopic (exact) mass is 906 g/mol. The van der Waals surface area contributed by atoms with Crippen LogP contribution in [0.15, 0.2) is 231 Å². The Morgan fingerprint density at radius 2 is 0.690 bits per heavy atom. The lowest BCUT2D eigenvalue weighted by molar-refractivity contribution is 1.07. The van der Waals surface area contributed by atoms with Crippen molar-refractivity contribution < 1.29 is 0 Å². The second kappa shape index (κ2) is 18.2. The molecule has 0 saturated carbocycles. The molecule has 0 aliphatic rings. The summed E-state index contributed by atoms with van der Waals surface area (Å²) in [5.74, 6) is 2.08. The minimum absolute atomic E-state index is 0.487. The van der Waals surface area contributed by atoms with Crippen molar-refractivity contribution in [3.63, 3.8) is 0 Å². The highest BCUT2D eigenvalue weighted by atomic mass is 15.0. The predicted octanol–water partition coefficient (Wildman–Crippen LogP) is 14.8. The fourth-order valence-corrected chi connectivity index (χ4v) is 9.35. The van der Waals surface area contributed by atoms with E-state index < -0.39 is 0 Å². The second-order valence-electron chi connectivity index (χ2n) is 17.1. The van der Waals surface area contributed by atoms with Crippen molar-refractivity contribution in [2.24, 2.45) is 0 Å². The van der Waals surface area contributed by atoms with Crippen LogP contribution in [0.4, 0.5) is 0 Å². The minimum atomic E-state index is 0.487. The Morgan fingerprint density at radius 1 is 0.296 bits per heavy atom. The average Bonchev–Trinajstić information content (AvgIpc) is 3.78. The molecule has 0 aliphatic carbocycles. The number of benzene rings is 9. The van der Waals surface area contributed by atoms with E-state index in [0.717, 1.165) is 94.5 Å². The average molecular weight is 907 g/mol. The van der Waals surface area contributed by atoms with Crippen molar-refractivity contribution in [3.8, 4) is 108 Å². The van der Waals surface area contributed by atoms with Crippen LogP contribution in [0, 0.1) is 22.7 Å². The summed E-state index contributed by atoms with van der Waals surface area (Å²) >= 11 is 0. The van der Waals surface area contributed by atoms with E-state index in [0.29, 0.717) is 34.4 Å². The van der Waals surface area contributed by atoms with Crippen molar-refractivity contribution in [2.45, 2.75) is 0 Å². The fraction of sp³-hybridized carbons (Fsp3) is 0. The first-order valence-corrected chi connectivity index (χ1v) is 23.2. The van der Waals surface area contributed by atoms with E-state index >= 15 is 0 Å². The molecule has 0 unspecified atom stereocenters. The molecule has 0 amide bonds. The van der Waals surface area contributed by atoms with Gasteiger partial charge in [-0.15, -0.1) is 0 Å². The maximum Gasteiger partial charge on any atom is 0.164 e. The highest BCUT2D eigenvalue weighted by Crippen LogP contribution is 2.42. The molecule has 0 aliphatic heterocycles. The predicted molar refractivity (Wildman–Crippen MR) is 283 cm³/mol. The first kappa shape index (κ1) is 42.2. The molecule has 330 valence electrons. The van der Waals surface area contributed by atoms with Gasteiger partial charge in [0.25, 0.3) is 0 Å². The van der Waals surface area contributed by atoms with Crippen LogP contribution in [0.3, 0.4) is 0 Å². The largest absolute Gasteiger partial charge is 0.308 e. The van der Waals surface area contributed by atoms with Crippen LogP contribution >= 0.6 is 0 Å². The Hall–Kier alpha value is -10.2. The second-order valence-corrected chi connectivity index (χ2v) is 17.1. The number of aromatic nitrogens is 6. The summed E-state index contributed by atoms with van der Waals surface area (Å²) in [5, 5.41) is 22.6. The van der Waals surface area contributed by atoms with Crippen LogP contribution in [0.5, 0.6) is 0 Å². The van der Waals surface area contributed by atoms with Crippen LogP contribution in [0.1, 0.15) is 11.1 Å². The van der Waals surface area contributed by atoms with Gasteiger partial charge in [0.2, 0.25) is 0 Å². The summed E-state index contributed by atoms with van der Waals surface area (Å²) in [4.78, 5) is 26.2. The van der Waals surface area contributed by atoms with E-state index in [1.54, 1.807) is 0 Å². The van der Waals surface area contributed by atoms with Gasteiger partial charge in [-0.1, -0.05) is 182 Å². The molecule has 0 saturated heterocycles. The Labute approximate surface area is 409 Å². The van der Waals surface area contributed by atoms with E-state index in [4.69, 9.17) is 24.9 Å². The topological polar surface area (TPSA) is 117 Å². The first-order valence-electron chi connectivity index (χ1n) is 23.2. The van der Waals surface area contributed by atoms with Gasteiger partial charge in [-0.25, -0.2) is 24.9 Å². The van der Waals surface area contributed by atoms with Crippen molar-refractivity contribution in [1.29, 1.82) is 10.5 Å². The quantitative estimate of drug-likeness (QED) is 0.142. The molecular weight excluding hydrogens is 869 g/mol. The number of hydrogen-bond acceptors (Lipinski definition) is 7. The summed E-state index contributed by atoms with van der Waals surface area (Å²) < 4.78 is 2.26. The molecule has 3 aromatic heterocycles. The van der Waals surface area contributed by atoms with Gasteiger partial charge in [-0.2, -0.15) is 10.5 Å². The third-order valence-corrected chi connectivity index (χ3v) is 12.8. The molecule has 0 spiro atoms. The number of hydrogen-bond donors (Lipinski definition) is 0.